The summed E-state index contributed by atoms with van der Waals surface area (Å²) in [5.41, 5.74) is 2.22. The van der Waals surface area contributed by atoms with Crippen molar-refractivity contribution < 1.29 is 14.1 Å². The topological polar surface area (TPSA) is 91.5 Å². The molecule has 0 aliphatic carbocycles. The molecule has 1 saturated heterocycles. The molecule has 0 radical (unpaired) electrons. The Morgan fingerprint density at radius 3 is 2.81 bits per heavy atom. The third kappa shape index (κ3) is 4.91. The van der Waals surface area contributed by atoms with E-state index in [-0.39, 0.29) is 12.5 Å². The van der Waals surface area contributed by atoms with Gasteiger partial charge in [-0.3, -0.25) is 10.2 Å². The smallest absolute Gasteiger partial charge is 0.261 e. The lowest BCUT2D eigenvalue weighted by molar-refractivity contribution is 0.0951. The van der Waals surface area contributed by atoms with Gasteiger partial charge in [0.1, 0.15) is 17.3 Å². The number of hydrogen-bond acceptors (Lipinski definition) is 6. The van der Waals surface area contributed by atoms with Crippen LogP contribution in [0.15, 0.2) is 40.9 Å². The summed E-state index contributed by atoms with van der Waals surface area (Å²) in [6, 6.07) is 10.9. The average Bonchev–Trinajstić information content (AvgIpc) is 3.53. The number of ether oxygens (including phenoxy) is 1. The maximum Gasteiger partial charge on any atom is 0.261 e. The zero-order valence-electron chi connectivity index (χ0n) is 17.1. The number of likely N-dealkylation sites (tertiary alicyclic amines) is 1. The summed E-state index contributed by atoms with van der Waals surface area (Å²) in [7, 11) is 0. The molecule has 1 fully saturated rings. The third-order valence-electron chi connectivity index (χ3n) is 5.03. The maximum atomic E-state index is 12.2. The van der Waals surface area contributed by atoms with E-state index in [9.17, 15) is 4.79 Å². The van der Waals surface area contributed by atoms with E-state index in [0.717, 1.165) is 37.1 Å². The van der Waals surface area contributed by atoms with Crippen LogP contribution >= 0.6 is 22.9 Å². The van der Waals surface area contributed by atoms with Crippen molar-refractivity contribution in [2.24, 2.45) is 0 Å². The first-order chi connectivity index (χ1) is 15.0. The first-order valence-corrected chi connectivity index (χ1v) is 11.3. The lowest BCUT2D eigenvalue weighted by Gasteiger charge is -2.19. The Balaban J connectivity index is 1.49. The van der Waals surface area contributed by atoms with E-state index >= 15 is 0 Å². The Morgan fingerprint density at radius 2 is 2.10 bits per heavy atom. The first kappa shape index (κ1) is 21.4. The number of rotatable bonds is 7. The molecule has 1 aliphatic rings. The van der Waals surface area contributed by atoms with Gasteiger partial charge in [-0.2, -0.15) is 0 Å². The van der Waals surface area contributed by atoms with Gasteiger partial charge < -0.3 is 19.5 Å². The van der Waals surface area contributed by atoms with E-state index in [4.69, 9.17) is 26.3 Å². The molecule has 3 heterocycles. The van der Waals surface area contributed by atoms with Gasteiger partial charge in [0.25, 0.3) is 5.91 Å². The van der Waals surface area contributed by atoms with Gasteiger partial charge in [-0.1, -0.05) is 22.8 Å². The van der Waals surface area contributed by atoms with Crippen LogP contribution in [-0.4, -0.2) is 41.5 Å². The minimum Gasteiger partial charge on any atom is -0.493 e. The minimum atomic E-state index is -0.213. The summed E-state index contributed by atoms with van der Waals surface area (Å²) in [6.45, 7) is 4.46. The number of carbonyl (C=O) groups is 1. The normalized spacial score (nSPS) is 13.4. The quantitative estimate of drug-likeness (QED) is 0.391. The van der Waals surface area contributed by atoms with Gasteiger partial charge in [-0.05, 0) is 44.0 Å². The fourth-order valence-corrected chi connectivity index (χ4v) is 4.45. The molecule has 0 atom stereocenters. The van der Waals surface area contributed by atoms with Crippen LogP contribution in [0.5, 0.6) is 5.75 Å². The number of carbonyl (C=O) groups excluding carboxylic acids is 1. The molecular formula is C22H23ClN4O3S. The van der Waals surface area contributed by atoms with Gasteiger partial charge in [0.15, 0.2) is 5.76 Å². The number of hydrogen-bond donors (Lipinski definition) is 2. The number of amides is 1. The van der Waals surface area contributed by atoms with Gasteiger partial charge in [0, 0.05) is 30.3 Å². The summed E-state index contributed by atoms with van der Waals surface area (Å²) in [5.74, 6) is 1.49. The Kier molecular flexibility index (Phi) is 6.58. The molecule has 1 aliphatic heterocycles. The molecule has 2 aromatic heterocycles. The van der Waals surface area contributed by atoms with Crippen LogP contribution in [0.1, 0.15) is 40.8 Å². The van der Waals surface area contributed by atoms with Crippen molar-refractivity contribution in [3.05, 3.63) is 56.9 Å². The molecule has 3 aromatic rings. The second-order valence-corrected chi connectivity index (χ2v) is 8.87. The molecule has 7 nitrogen and oxygen atoms in total. The zero-order valence-corrected chi connectivity index (χ0v) is 18.7. The van der Waals surface area contributed by atoms with E-state index < -0.39 is 0 Å². The fraction of sp³-hybridized carbons (Fsp3) is 0.318. The Bertz CT molecular complexity index is 1090. The largest absolute Gasteiger partial charge is 0.493 e. The van der Waals surface area contributed by atoms with Crippen molar-refractivity contribution in [2.75, 3.05) is 19.7 Å². The van der Waals surface area contributed by atoms with Crippen LogP contribution in [-0.2, 0) is 6.54 Å². The first-order valence-electron chi connectivity index (χ1n) is 10.2. The van der Waals surface area contributed by atoms with Crippen LogP contribution in [0.4, 0.5) is 0 Å². The van der Waals surface area contributed by atoms with Crippen molar-refractivity contribution >= 4 is 34.7 Å². The van der Waals surface area contributed by atoms with Gasteiger partial charge in [0.05, 0.1) is 22.4 Å². The van der Waals surface area contributed by atoms with Gasteiger partial charge in [-0.15, -0.1) is 11.3 Å². The molecule has 2 N–H and O–H groups in total. The van der Waals surface area contributed by atoms with Crippen molar-refractivity contribution in [3.8, 4) is 17.0 Å². The average molecular weight is 459 g/mol. The van der Waals surface area contributed by atoms with Crippen LogP contribution < -0.4 is 10.1 Å². The second-order valence-electron chi connectivity index (χ2n) is 7.15. The Hall–Kier alpha value is -2.84. The standard InChI is InChI=1S/C22H23ClN4O3S/c1-2-29-18-11-14(21(24)27-9-3-4-10-27)5-6-16(18)17-12-15(30-26-17)13-25-22(28)19-7-8-20(23)31-19/h5-8,11-12,24H,2-4,9-10,13H2,1H3,(H,25,28). The summed E-state index contributed by atoms with van der Waals surface area (Å²) in [6.07, 6.45) is 2.24. The lowest BCUT2D eigenvalue weighted by atomic mass is 10.1. The highest BCUT2D eigenvalue weighted by Crippen LogP contribution is 2.31. The highest BCUT2D eigenvalue weighted by Gasteiger charge is 2.19. The molecular weight excluding hydrogens is 436 g/mol. The van der Waals surface area contributed by atoms with E-state index in [0.29, 0.717) is 38.9 Å². The van der Waals surface area contributed by atoms with Crippen molar-refractivity contribution in [1.29, 1.82) is 5.41 Å². The summed E-state index contributed by atoms with van der Waals surface area (Å²) in [4.78, 5) is 14.8. The van der Waals surface area contributed by atoms with Crippen LogP contribution in [0, 0.1) is 5.41 Å². The maximum absolute atomic E-state index is 12.2. The van der Waals surface area contributed by atoms with Crippen molar-refractivity contribution in [2.45, 2.75) is 26.3 Å². The van der Waals surface area contributed by atoms with E-state index in [2.05, 4.69) is 15.4 Å². The lowest BCUT2D eigenvalue weighted by Crippen LogP contribution is -2.27. The fourth-order valence-electron chi connectivity index (χ4n) is 3.49. The highest BCUT2D eigenvalue weighted by molar-refractivity contribution is 7.17. The summed E-state index contributed by atoms with van der Waals surface area (Å²) >= 11 is 7.11. The number of thiophene rings is 1. The number of nitrogens with one attached hydrogen (secondary N) is 2. The molecule has 162 valence electrons. The van der Waals surface area contributed by atoms with E-state index in [1.54, 1.807) is 18.2 Å². The molecule has 0 spiro atoms. The summed E-state index contributed by atoms with van der Waals surface area (Å²) < 4.78 is 11.8. The van der Waals surface area contributed by atoms with Crippen molar-refractivity contribution in [3.63, 3.8) is 0 Å². The third-order valence-corrected chi connectivity index (χ3v) is 6.26. The number of benzene rings is 1. The van der Waals surface area contributed by atoms with Crippen LogP contribution in [0.25, 0.3) is 11.3 Å². The van der Waals surface area contributed by atoms with E-state index in [1.807, 2.05) is 25.1 Å². The summed E-state index contributed by atoms with van der Waals surface area (Å²) in [5, 5.41) is 15.4. The SMILES string of the molecule is CCOc1cc(C(=N)N2CCCC2)ccc1-c1cc(CNC(=O)c2ccc(Cl)s2)on1. The Labute approximate surface area is 189 Å². The number of aromatic nitrogens is 1. The highest BCUT2D eigenvalue weighted by atomic mass is 35.5. The molecule has 0 unspecified atom stereocenters. The van der Waals surface area contributed by atoms with Crippen molar-refractivity contribution in [1.82, 2.24) is 15.4 Å². The number of amidine groups is 1. The predicted molar refractivity (Wildman–Crippen MR) is 121 cm³/mol. The van der Waals surface area contributed by atoms with Crippen LogP contribution in [0.3, 0.4) is 0 Å². The Morgan fingerprint density at radius 1 is 1.29 bits per heavy atom. The molecule has 0 bridgehead atoms. The number of halogens is 1. The second kappa shape index (κ2) is 9.53. The van der Waals surface area contributed by atoms with E-state index in [1.165, 1.54) is 11.3 Å². The number of nitrogens with zero attached hydrogens (tertiary/aromatic N) is 2. The molecule has 0 saturated carbocycles. The van der Waals surface area contributed by atoms with Gasteiger partial charge >= 0.3 is 0 Å². The van der Waals surface area contributed by atoms with Gasteiger partial charge in [-0.25, -0.2) is 0 Å². The minimum absolute atomic E-state index is 0.211. The molecule has 4 rings (SSSR count). The molecule has 31 heavy (non-hydrogen) atoms. The molecule has 1 amide bonds. The predicted octanol–water partition coefficient (Wildman–Crippen LogP) is 4.81. The molecule has 9 heteroatoms. The van der Waals surface area contributed by atoms with Gasteiger partial charge in [0.2, 0.25) is 0 Å². The molecule has 1 aromatic carbocycles. The van der Waals surface area contributed by atoms with Crippen LogP contribution in [0.2, 0.25) is 4.34 Å². The zero-order chi connectivity index (χ0) is 21.8. The monoisotopic (exact) mass is 458 g/mol.